The lowest BCUT2D eigenvalue weighted by atomic mass is 10.0. The van der Waals surface area contributed by atoms with E-state index < -0.39 is 5.38 Å². The highest BCUT2D eigenvalue weighted by Crippen LogP contribution is 2.13. The van der Waals surface area contributed by atoms with Crippen LogP contribution in [0.2, 0.25) is 0 Å². The quantitative estimate of drug-likeness (QED) is 0.747. The minimum atomic E-state index is -0.464. The third-order valence-electron chi connectivity index (χ3n) is 3.18. The SMILES string of the molecule is CC(C)CC(CNC(=O)C(C)Cl)N1CCOCC1. The molecule has 2 atom stereocenters. The monoisotopic (exact) mass is 276 g/mol. The number of nitrogens with zero attached hydrogens (tertiary/aromatic N) is 1. The molecule has 4 nitrogen and oxygen atoms in total. The standard InChI is InChI=1S/C13H25ClN2O2/c1-10(2)8-12(9-15-13(17)11(3)14)16-4-6-18-7-5-16/h10-12H,4-9H2,1-3H3,(H,15,17). The van der Waals surface area contributed by atoms with Crippen LogP contribution >= 0.6 is 11.6 Å². The van der Waals surface area contributed by atoms with Gasteiger partial charge in [-0.25, -0.2) is 0 Å². The maximum atomic E-state index is 11.5. The van der Waals surface area contributed by atoms with E-state index in [0.717, 1.165) is 32.7 Å². The highest BCUT2D eigenvalue weighted by molar-refractivity contribution is 6.30. The summed E-state index contributed by atoms with van der Waals surface area (Å²) in [7, 11) is 0. The summed E-state index contributed by atoms with van der Waals surface area (Å²) < 4.78 is 5.37. The molecule has 1 amide bonds. The van der Waals surface area contributed by atoms with E-state index in [0.29, 0.717) is 18.5 Å². The van der Waals surface area contributed by atoms with Crippen molar-refractivity contribution < 1.29 is 9.53 Å². The number of rotatable bonds is 6. The minimum absolute atomic E-state index is 0.0846. The summed E-state index contributed by atoms with van der Waals surface area (Å²) in [5.74, 6) is 0.529. The smallest absolute Gasteiger partial charge is 0.237 e. The molecule has 1 rings (SSSR count). The zero-order chi connectivity index (χ0) is 13.5. The molecule has 0 aromatic carbocycles. The largest absolute Gasteiger partial charge is 0.379 e. The summed E-state index contributed by atoms with van der Waals surface area (Å²) in [5.41, 5.74) is 0. The summed E-state index contributed by atoms with van der Waals surface area (Å²) in [4.78, 5) is 13.9. The van der Waals surface area contributed by atoms with Gasteiger partial charge in [-0.3, -0.25) is 9.69 Å². The van der Waals surface area contributed by atoms with Crippen LogP contribution in [0.25, 0.3) is 0 Å². The topological polar surface area (TPSA) is 41.6 Å². The molecule has 0 aliphatic carbocycles. The van der Waals surface area contributed by atoms with Crippen LogP contribution in [0.15, 0.2) is 0 Å². The van der Waals surface area contributed by atoms with E-state index in [1.54, 1.807) is 6.92 Å². The number of hydrogen-bond donors (Lipinski definition) is 1. The molecule has 0 aromatic rings. The van der Waals surface area contributed by atoms with Crippen molar-refractivity contribution in [1.82, 2.24) is 10.2 Å². The fourth-order valence-electron chi connectivity index (χ4n) is 2.21. The van der Waals surface area contributed by atoms with Crippen molar-refractivity contribution in [1.29, 1.82) is 0 Å². The van der Waals surface area contributed by atoms with Gasteiger partial charge in [0.2, 0.25) is 5.91 Å². The van der Waals surface area contributed by atoms with Crippen LogP contribution in [-0.2, 0) is 9.53 Å². The second kappa shape index (κ2) is 7.97. The lowest BCUT2D eigenvalue weighted by Crippen LogP contribution is -2.50. The number of carbonyl (C=O) groups excluding carboxylic acids is 1. The number of amides is 1. The van der Waals surface area contributed by atoms with Gasteiger partial charge in [0.05, 0.1) is 13.2 Å². The van der Waals surface area contributed by atoms with Crippen molar-refractivity contribution in [3.8, 4) is 0 Å². The van der Waals surface area contributed by atoms with Gasteiger partial charge in [-0.2, -0.15) is 0 Å². The van der Waals surface area contributed by atoms with E-state index in [2.05, 4.69) is 24.1 Å². The molecule has 0 saturated carbocycles. The highest BCUT2D eigenvalue weighted by Gasteiger charge is 2.22. The molecule has 5 heteroatoms. The number of alkyl halides is 1. The summed E-state index contributed by atoms with van der Waals surface area (Å²) in [6.45, 7) is 10.3. The first kappa shape index (κ1) is 15.7. The zero-order valence-electron chi connectivity index (χ0n) is 11.6. The van der Waals surface area contributed by atoms with E-state index in [4.69, 9.17) is 16.3 Å². The Balaban J connectivity index is 2.46. The van der Waals surface area contributed by atoms with Gasteiger partial charge in [0.15, 0.2) is 0 Å². The lowest BCUT2D eigenvalue weighted by Gasteiger charge is -2.35. The average molecular weight is 277 g/mol. The van der Waals surface area contributed by atoms with Gasteiger partial charge in [-0.1, -0.05) is 13.8 Å². The van der Waals surface area contributed by atoms with Gasteiger partial charge in [0, 0.05) is 25.7 Å². The highest BCUT2D eigenvalue weighted by atomic mass is 35.5. The Kier molecular flexibility index (Phi) is 6.97. The molecule has 18 heavy (non-hydrogen) atoms. The first-order valence-corrected chi connectivity index (χ1v) is 7.18. The Morgan fingerprint density at radius 1 is 1.33 bits per heavy atom. The van der Waals surface area contributed by atoms with Crippen LogP contribution in [-0.4, -0.2) is 55.1 Å². The molecule has 1 aliphatic rings. The Morgan fingerprint density at radius 3 is 2.44 bits per heavy atom. The summed E-state index contributed by atoms with van der Waals surface area (Å²) in [6.07, 6.45) is 1.08. The first-order valence-electron chi connectivity index (χ1n) is 6.74. The van der Waals surface area contributed by atoms with Gasteiger partial charge in [-0.15, -0.1) is 11.6 Å². The lowest BCUT2D eigenvalue weighted by molar-refractivity contribution is -0.120. The Labute approximate surface area is 115 Å². The molecule has 0 radical (unpaired) electrons. The number of halogens is 1. The summed E-state index contributed by atoms with van der Waals surface area (Å²) in [5, 5.41) is 2.47. The third-order valence-corrected chi connectivity index (χ3v) is 3.38. The molecule has 0 aromatic heterocycles. The zero-order valence-corrected chi connectivity index (χ0v) is 12.4. The van der Waals surface area contributed by atoms with Crippen LogP contribution in [0.4, 0.5) is 0 Å². The van der Waals surface area contributed by atoms with Gasteiger partial charge < -0.3 is 10.1 Å². The Bertz CT molecular complexity index is 253. The van der Waals surface area contributed by atoms with E-state index in [1.165, 1.54) is 0 Å². The van der Waals surface area contributed by atoms with Crippen LogP contribution in [0.5, 0.6) is 0 Å². The predicted molar refractivity (Wildman–Crippen MR) is 74.0 cm³/mol. The molecule has 0 bridgehead atoms. The predicted octanol–water partition coefficient (Wildman–Crippen LogP) is 1.48. The van der Waals surface area contributed by atoms with Crippen molar-refractivity contribution >= 4 is 17.5 Å². The molecule has 1 heterocycles. The van der Waals surface area contributed by atoms with Crippen LogP contribution < -0.4 is 5.32 Å². The number of nitrogens with one attached hydrogen (secondary N) is 1. The minimum Gasteiger partial charge on any atom is -0.379 e. The fourth-order valence-corrected chi connectivity index (χ4v) is 2.28. The van der Waals surface area contributed by atoms with Gasteiger partial charge in [0.1, 0.15) is 5.38 Å². The van der Waals surface area contributed by atoms with Crippen LogP contribution in [0.1, 0.15) is 27.2 Å². The molecule has 1 fully saturated rings. The van der Waals surface area contributed by atoms with E-state index >= 15 is 0 Å². The second-order valence-corrected chi connectivity index (χ2v) is 5.95. The maximum absolute atomic E-state index is 11.5. The van der Waals surface area contributed by atoms with Crippen molar-refractivity contribution in [2.45, 2.75) is 38.6 Å². The van der Waals surface area contributed by atoms with Crippen molar-refractivity contribution in [3.05, 3.63) is 0 Å². The van der Waals surface area contributed by atoms with Gasteiger partial charge >= 0.3 is 0 Å². The number of morpholine rings is 1. The van der Waals surface area contributed by atoms with E-state index in [9.17, 15) is 4.79 Å². The van der Waals surface area contributed by atoms with Crippen molar-refractivity contribution in [2.75, 3.05) is 32.8 Å². The second-order valence-electron chi connectivity index (χ2n) is 5.29. The molecule has 1 aliphatic heterocycles. The van der Waals surface area contributed by atoms with Crippen molar-refractivity contribution in [3.63, 3.8) is 0 Å². The van der Waals surface area contributed by atoms with Gasteiger partial charge in [0.25, 0.3) is 0 Å². The third kappa shape index (κ3) is 5.55. The maximum Gasteiger partial charge on any atom is 0.237 e. The Hall–Kier alpha value is -0.320. The summed E-state index contributed by atoms with van der Waals surface area (Å²) >= 11 is 5.76. The molecule has 106 valence electrons. The van der Waals surface area contributed by atoms with Crippen LogP contribution in [0.3, 0.4) is 0 Å². The molecular weight excluding hydrogens is 252 g/mol. The van der Waals surface area contributed by atoms with Gasteiger partial charge in [-0.05, 0) is 19.3 Å². The summed E-state index contributed by atoms with van der Waals surface area (Å²) in [6, 6.07) is 0.383. The van der Waals surface area contributed by atoms with Crippen LogP contribution in [0, 0.1) is 5.92 Å². The van der Waals surface area contributed by atoms with Crippen molar-refractivity contribution in [2.24, 2.45) is 5.92 Å². The molecule has 1 saturated heterocycles. The average Bonchev–Trinajstić information content (AvgIpc) is 2.34. The first-order chi connectivity index (χ1) is 8.50. The molecule has 1 N–H and O–H groups in total. The Morgan fingerprint density at radius 2 is 1.94 bits per heavy atom. The number of ether oxygens (including phenoxy) is 1. The van der Waals surface area contributed by atoms with E-state index in [-0.39, 0.29) is 5.91 Å². The molecule has 0 spiro atoms. The number of hydrogen-bond acceptors (Lipinski definition) is 3. The molecular formula is C13H25ClN2O2. The normalized spacial score (nSPS) is 20.7. The molecule has 2 unspecified atom stereocenters. The van der Waals surface area contributed by atoms with E-state index in [1.807, 2.05) is 0 Å². The fraction of sp³-hybridized carbons (Fsp3) is 0.923. The number of carbonyl (C=O) groups is 1.